The maximum Gasteiger partial charge on any atom is 0.250 e. The van der Waals surface area contributed by atoms with Crippen molar-refractivity contribution in [2.24, 2.45) is 0 Å². The first-order valence-corrected chi connectivity index (χ1v) is 9.77. The Labute approximate surface area is 119 Å². The second-order valence-electron chi connectivity index (χ2n) is 5.89. The van der Waals surface area contributed by atoms with Crippen molar-refractivity contribution in [3.8, 4) is 5.75 Å². The molecule has 0 bridgehead atoms. The summed E-state index contributed by atoms with van der Waals surface area (Å²) in [5.41, 5.74) is 1.06. The second-order valence-corrected chi connectivity index (χ2v) is 11.9. The largest absolute Gasteiger partial charge is 0.543 e. The minimum Gasteiger partial charge on any atom is -0.543 e. The van der Waals surface area contributed by atoms with Gasteiger partial charge in [0.2, 0.25) is 0 Å². The van der Waals surface area contributed by atoms with Gasteiger partial charge in [-0.2, -0.15) is 0 Å². The van der Waals surface area contributed by atoms with Gasteiger partial charge in [-0.3, -0.25) is 0 Å². The monoisotopic (exact) mass is 334 g/mol. The molecule has 0 aliphatic carbocycles. The van der Waals surface area contributed by atoms with Gasteiger partial charge in [-0.25, -0.2) is 0 Å². The Balaban J connectivity index is 3.08. The van der Waals surface area contributed by atoms with Crippen molar-refractivity contribution in [3.05, 3.63) is 27.2 Å². The van der Waals surface area contributed by atoms with E-state index >= 15 is 0 Å². The molecule has 17 heavy (non-hydrogen) atoms. The molecule has 1 rings (SSSR count). The maximum atomic E-state index is 6.24. The number of aryl methyl sites for hydroxylation is 1. The van der Waals surface area contributed by atoms with E-state index in [-0.39, 0.29) is 5.04 Å². The first-order valence-electron chi connectivity index (χ1n) is 5.69. The lowest BCUT2D eigenvalue weighted by atomic mass is 10.2. The lowest BCUT2D eigenvalue weighted by molar-refractivity contribution is 0.490. The average Bonchev–Trinajstić information content (AvgIpc) is 2.12. The molecule has 0 aliphatic heterocycles. The fraction of sp³-hybridized carbons (Fsp3) is 0.538. The van der Waals surface area contributed by atoms with E-state index in [0.717, 1.165) is 20.8 Å². The van der Waals surface area contributed by atoms with Crippen LogP contribution < -0.4 is 4.43 Å². The molecule has 0 aliphatic rings. The van der Waals surface area contributed by atoms with Crippen LogP contribution in [0.4, 0.5) is 0 Å². The van der Waals surface area contributed by atoms with Crippen LogP contribution in [0.1, 0.15) is 26.3 Å². The summed E-state index contributed by atoms with van der Waals surface area (Å²) in [6.07, 6.45) is 0. The predicted molar refractivity (Wildman–Crippen MR) is 81.7 cm³/mol. The van der Waals surface area contributed by atoms with E-state index in [1.54, 1.807) is 0 Å². The number of hydrogen-bond donors (Lipinski definition) is 0. The summed E-state index contributed by atoms with van der Waals surface area (Å²) in [5.74, 6) is 0.854. The molecule has 0 heterocycles. The molecule has 0 saturated carbocycles. The smallest absolute Gasteiger partial charge is 0.250 e. The lowest BCUT2D eigenvalue weighted by Gasteiger charge is -2.36. The Hall–Kier alpha value is 0.00688. The van der Waals surface area contributed by atoms with E-state index in [2.05, 4.69) is 49.8 Å². The zero-order valence-electron chi connectivity index (χ0n) is 11.3. The van der Waals surface area contributed by atoms with Crippen LogP contribution in [0.5, 0.6) is 5.75 Å². The molecule has 96 valence electrons. The molecule has 1 aromatic carbocycles. The number of hydrogen-bond acceptors (Lipinski definition) is 1. The Morgan fingerprint density at radius 1 is 1.24 bits per heavy atom. The molecule has 4 heteroatoms. The lowest BCUT2D eigenvalue weighted by Crippen LogP contribution is -2.43. The SMILES string of the molecule is Cc1cc(Br)c(O[Si](C)(C)C(C)(C)C)cc1Cl. The van der Waals surface area contributed by atoms with Gasteiger partial charge in [0.15, 0.2) is 0 Å². The minimum atomic E-state index is -1.81. The molecule has 1 aromatic rings. The zero-order chi connectivity index (χ0) is 13.4. The number of rotatable bonds is 2. The molecule has 0 N–H and O–H groups in total. The van der Waals surface area contributed by atoms with Crippen LogP contribution in [0.3, 0.4) is 0 Å². The highest BCUT2D eigenvalue weighted by Crippen LogP contribution is 2.40. The molecular formula is C13H20BrClOSi. The van der Waals surface area contributed by atoms with Crippen LogP contribution in [-0.2, 0) is 0 Å². The highest BCUT2D eigenvalue weighted by Gasteiger charge is 2.39. The first-order chi connectivity index (χ1) is 7.54. The molecule has 0 unspecified atom stereocenters. The summed E-state index contributed by atoms with van der Waals surface area (Å²) in [7, 11) is -1.81. The minimum absolute atomic E-state index is 0.184. The van der Waals surface area contributed by atoms with Crippen molar-refractivity contribution in [2.75, 3.05) is 0 Å². The molecule has 0 amide bonds. The molecule has 0 aromatic heterocycles. The molecule has 0 spiro atoms. The molecule has 0 atom stereocenters. The van der Waals surface area contributed by atoms with Crippen LogP contribution in [0.2, 0.25) is 23.2 Å². The van der Waals surface area contributed by atoms with Gasteiger partial charge in [0, 0.05) is 5.02 Å². The zero-order valence-corrected chi connectivity index (χ0v) is 14.7. The third-order valence-electron chi connectivity index (χ3n) is 3.38. The van der Waals surface area contributed by atoms with E-state index in [1.165, 1.54) is 0 Å². The summed E-state index contributed by atoms with van der Waals surface area (Å²) in [4.78, 5) is 0. The highest BCUT2D eigenvalue weighted by atomic mass is 79.9. The van der Waals surface area contributed by atoms with Gasteiger partial charge in [0.25, 0.3) is 8.32 Å². The van der Waals surface area contributed by atoms with E-state index in [9.17, 15) is 0 Å². The standard InChI is InChI=1S/C13H20BrClOSi/c1-9-7-10(14)12(8-11(9)15)16-17(5,6)13(2,3)4/h7-8H,1-6H3. The molecular weight excluding hydrogens is 316 g/mol. The van der Waals surface area contributed by atoms with Crippen molar-refractivity contribution in [1.29, 1.82) is 0 Å². The molecule has 0 saturated heterocycles. The van der Waals surface area contributed by atoms with E-state index in [1.807, 2.05) is 19.1 Å². The average molecular weight is 336 g/mol. The van der Waals surface area contributed by atoms with Crippen LogP contribution in [0, 0.1) is 6.92 Å². The summed E-state index contributed by atoms with van der Waals surface area (Å²) >= 11 is 9.68. The Morgan fingerprint density at radius 3 is 2.24 bits per heavy atom. The van der Waals surface area contributed by atoms with Crippen molar-refractivity contribution >= 4 is 35.8 Å². The van der Waals surface area contributed by atoms with Crippen molar-refractivity contribution < 1.29 is 4.43 Å². The quantitative estimate of drug-likeness (QED) is 0.621. The van der Waals surface area contributed by atoms with Gasteiger partial charge >= 0.3 is 0 Å². The Morgan fingerprint density at radius 2 is 1.76 bits per heavy atom. The topological polar surface area (TPSA) is 9.23 Å². The van der Waals surface area contributed by atoms with Gasteiger partial charge in [0.1, 0.15) is 5.75 Å². The summed E-state index contributed by atoms with van der Waals surface area (Å²) in [5, 5.41) is 0.936. The van der Waals surface area contributed by atoms with Crippen LogP contribution >= 0.6 is 27.5 Å². The van der Waals surface area contributed by atoms with Gasteiger partial charge in [-0.1, -0.05) is 32.4 Å². The highest BCUT2D eigenvalue weighted by molar-refractivity contribution is 9.10. The van der Waals surface area contributed by atoms with Crippen LogP contribution in [0.25, 0.3) is 0 Å². The predicted octanol–water partition coefficient (Wildman–Crippen LogP) is 5.79. The molecule has 0 fully saturated rings. The van der Waals surface area contributed by atoms with Crippen molar-refractivity contribution in [3.63, 3.8) is 0 Å². The number of benzene rings is 1. The summed E-state index contributed by atoms with van der Waals surface area (Å²) < 4.78 is 7.22. The van der Waals surface area contributed by atoms with Gasteiger partial charge in [-0.15, -0.1) is 0 Å². The fourth-order valence-corrected chi connectivity index (χ4v) is 3.00. The molecule has 0 radical (unpaired) electrons. The maximum absolute atomic E-state index is 6.24. The number of halogens is 2. The van der Waals surface area contributed by atoms with Gasteiger partial charge in [0.05, 0.1) is 4.47 Å². The van der Waals surface area contributed by atoms with Gasteiger partial charge in [-0.05, 0) is 58.7 Å². The Bertz CT molecular complexity index is 424. The van der Waals surface area contributed by atoms with E-state index in [4.69, 9.17) is 16.0 Å². The third kappa shape index (κ3) is 3.49. The van der Waals surface area contributed by atoms with E-state index in [0.29, 0.717) is 0 Å². The van der Waals surface area contributed by atoms with Crippen molar-refractivity contribution in [1.82, 2.24) is 0 Å². The second kappa shape index (κ2) is 4.94. The van der Waals surface area contributed by atoms with E-state index < -0.39 is 8.32 Å². The fourth-order valence-electron chi connectivity index (χ4n) is 1.13. The third-order valence-corrected chi connectivity index (χ3v) is 8.75. The summed E-state index contributed by atoms with van der Waals surface area (Å²) in [6, 6.07) is 3.91. The van der Waals surface area contributed by atoms with Crippen molar-refractivity contribution in [2.45, 2.75) is 45.8 Å². The summed E-state index contributed by atoms with van der Waals surface area (Å²) in [6.45, 7) is 13.1. The normalized spacial score (nSPS) is 12.7. The first kappa shape index (κ1) is 15.1. The van der Waals surface area contributed by atoms with Crippen LogP contribution in [0.15, 0.2) is 16.6 Å². The molecule has 1 nitrogen and oxygen atoms in total. The van der Waals surface area contributed by atoms with Gasteiger partial charge < -0.3 is 4.43 Å². The van der Waals surface area contributed by atoms with Crippen LogP contribution in [-0.4, -0.2) is 8.32 Å². The Kier molecular flexibility index (Phi) is 4.38.